The van der Waals surface area contributed by atoms with Crippen LogP contribution < -0.4 is 21.4 Å². The zero-order valence-electron chi connectivity index (χ0n) is 30.6. The van der Waals surface area contributed by atoms with Gasteiger partial charge in [-0.05, 0) is 23.5 Å². The lowest BCUT2D eigenvalue weighted by Gasteiger charge is -2.28. The summed E-state index contributed by atoms with van der Waals surface area (Å²) in [6.07, 6.45) is -2.76. The summed E-state index contributed by atoms with van der Waals surface area (Å²) in [5, 5.41) is 34.4. The third-order valence-corrected chi connectivity index (χ3v) is 7.87. The molecule has 2 aromatic carbocycles. The highest BCUT2D eigenvalue weighted by Crippen LogP contribution is 2.12. The molecule has 2 rings (SSSR count). The fourth-order valence-electron chi connectivity index (χ4n) is 4.76. The average Bonchev–Trinajstić information content (AvgIpc) is 3.13. The lowest BCUT2D eigenvalue weighted by atomic mass is 10.0. The molecule has 20 heteroatoms. The summed E-state index contributed by atoms with van der Waals surface area (Å²) in [5.74, 6) is -10.7. The Labute approximate surface area is 325 Å². The molecular formula is C36H43ClN6O13. The Hall–Kier alpha value is -6.50. The molecule has 0 radical (unpaired) electrons. The Morgan fingerprint density at radius 2 is 1.32 bits per heavy atom. The Kier molecular flexibility index (Phi) is 18.5. The average molecular weight is 803 g/mol. The van der Waals surface area contributed by atoms with Crippen molar-refractivity contribution in [2.45, 2.75) is 64.4 Å². The van der Waals surface area contributed by atoms with Crippen molar-refractivity contribution >= 4 is 65.1 Å². The van der Waals surface area contributed by atoms with Crippen molar-refractivity contribution in [2.24, 2.45) is 5.92 Å². The van der Waals surface area contributed by atoms with Gasteiger partial charge < -0.3 is 40.9 Å². The quantitative estimate of drug-likeness (QED) is 0.0727. The van der Waals surface area contributed by atoms with Crippen LogP contribution in [0.25, 0.3) is 0 Å². The minimum Gasteiger partial charge on any atom is -0.481 e. The Morgan fingerprint density at radius 3 is 1.86 bits per heavy atom. The molecule has 19 nitrogen and oxygen atoms in total. The number of likely N-dealkylation sites (N-methyl/N-ethyl adjacent to an activating group) is 1. The molecule has 302 valence electrons. The number of ether oxygens (including phenoxy) is 1. The highest BCUT2D eigenvalue weighted by Gasteiger charge is 2.33. The largest absolute Gasteiger partial charge is 0.481 e. The number of hydrogen-bond donors (Lipinski definition) is 7. The number of rotatable bonds is 20. The van der Waals surface area contributed by atoms with Gasteiger partial charge in [0.25, 0.3) is 17.7 Å². The van der Waals surface area contributed by atoms with Crippen molar-refractivity contribution < 1.29 is 63.2 Å². The first kappa shape index (κ1) is 45.7. The second-order valence-electron chi connectivity index (χ2n) is 12.5. The van der Waals surface area contributed by atoms with E-state index in [1.165, 1.54) is 25.8 Å². The number of carboxylic acids is 3. The molecule has 0 aliphatic rings. The Balaban J connectivity index is 2.22. The normalized spacial score (nSPS) is 12.6. The maximum Gasteiger partial charge on any atom is 0.408 e. The van der Waals surface area contributed by atoms with Crippen LogP contribution in [-0.4, -0.2) is 110 Å². The highest BCUT2D eigenvalue weighted by molar-refractivity contribution is 6.43. The number of hydrogen-bond acceptors (Lipinski definition) is 10. The van der Waals surface area contributed by atoms with Crippen LogP contribution in [0.4, 0.5) is 4.79 Å². The van der Waals surface area contributed by atoms with Gasteiger partial charge in [-0.1, -0.05) is 86.1 Å². The number of carboxylic acid groups (broad SMARTS) is 3. The molecule has 0 aliphatic carbocycles. The van der Waals surface area contributed by atoms with Crippen LogP contribution in [0.2, 0.25) is 0 Å². The van der Waals surface area contributed by atoms with Crippen molar-refractivity contribution in [2.75, 3.05) is 13.6 Å². The van der Waals surface area contributed by atoms with Gasteiger partial charge in [-0.2, -0.15) is 0 Å². The topological polar surface area (TPSA) is 278 Å². The lowest BCUT2D eigenvalue weighted by Crippen LogP contribution is -2.60. The molecule has 0 aromatic heterocycles. The van der Waals surface area contributed by atoms with E-state index in [1.54, 1.807) is 60.7 Å². The first-order valence-electron chi connectivity index (χ1n) is 16.9. The van der Waals surface area contributed by atoms with Crippen LogP contribution in [0, 0.1) is 5.92 Å². The molecule has 0 saturated carbocycles. The number of benzene rings is 2. The molecule has 0 aliphatic heterocycles. The summed E-state index contributed by atoms with van der Waals surface area (Å²) < 4.78 is 5.05. The van der Waals surface area contributed by atoms with Crippen LogP contribution in [0.15, 0.2) is 71.8 Å². The summed E-state index contributed by atoms with van der Waals surface area (Å²) in [7, 11) is 1.42. The second kappa shape index (κ2) is 22.7. The number of nitrogens with zero attached hydrogens (tertiary/aromatic N) is 2. The van der Waals surface area contributed by atoms with Crippen molar-refractivity contribution in [3.05, 3.63) is 82.9 Å². The van der Waals surface area contributed by atoms with Gasteiger partial charge in [-0.3, -0.25) is 43.8 Å². The first-order chi connectivity index (χ1) is 26.4. The summed E-state index contributed by atoms with van der Waals surface area (Å²) in [6, 6.07) is 12.1. The summed E-state index contributed by atoms with van der Waals surface area (Å²) >= 11 is 6.10. The van der Waals surface area contributed by atoms with Gasteiger partial charge in [-0.15, -0.1) is 0 Å². The number of aliphatic carboxylic acids is 3. The van der Waals surface area contributed by atoms with E-state index < -0.39 is 108 Å². The molecule has 3 unspecified atom stereocenters. The second-order valence-corrected chi connectivity index (χ2v) is 12.9. The molecule has 6 amide bonds. The summed E-state index contributed by atoms with van der Waals surface area (Å²) in [4.78, 5) is 114. The standard InChI is InChI=1S/C36H43ClN6O13/c1-21(2)31(34(53)41-43(19-30(49)50)27(44)16-24(37)35(54)42(3)18-22-10-6-4-7-11-22)40-32(51)25(14-15-28(45)46)38-33(52)26(17-29(47)48)39-36(55)56-20-23-12-8-5-9-13-23/h4-13,16,21,25-26,31H,14-15,17-20H2,1-3H3,(H,38,52)(H,39,55)(H,40,51)(H,41,53)(H,45,46)(H,47,48)(H,49,50)/b24-16-. The van der Waals surface area contributed by atoms with E-state index in [9.17, 15) is 58.5 Å². The van der Waals surface area contributed by atoms with Gasteiger partial charge in [0, 0.05) is 26.1 Å². The predicted molar refractivity (Wildman–Crippen MR) is 196 cm³/mol. The molecule has 2 aromatic rings. The Bertz CT molecular complexity index is 1770. The third kappa shape index (κ3) is 16.3. The molecule has 0 bridgehead atoms. The fourth-order valence-corrected chi connectivity index (χ4v) is 5.00. The number of hydrazine groups is 1. The van der Waals surface area contributed by atoms with Crippen LogP contribution in [-0.2, 0) is 56.2 Å². The van der Waals surface area contributed by atoms with Gasteiger partial charge in [0.05, 0.1) is 6.42 Å². The molecule has 56 heavy (non-hydrogen) atoms. The van der Waals surface area contributed by atoms with E-state index in [-0.39, 0.29) is 13.2 Å². The molecule has 0 fully saturated rings. The van der Waals surface area contributed by atoms with Crippen molar-refractivity contribution in [3.63, 3.8) is 0 Å². The van der Waals surface area contributed by atoms with E-state index in [0.29, 0.717) is 16.6 Å². The summed E-state index contributed by atoms with van der Waals surface area (Å²) in [6.45, 7) is 1.71. The van der Waals surface area contributed by atoms with Crippen LogP contribution in [0.3, 0.4) is 0 Å². The van der Waals surface area contributed by atoms with Gasteiger partial charge in [0.15, 0.2) is 0 Å². The third-order valence-electron chi connectivity index (χ3n) is 7.60. The van der Waals surface area contributed by atoms with Gasteiger partial charge in [0.1, 0.15) is 36.3 Å². The highest BCUT2D eigenvalue weighted by atomic mass is 35.5. The number of alkyl carbamates (subject to hydrolysis) is 1. The molecule has 0 heterocycles. The zero-order valence-corrected chi connectivity index (χ0v) is 31.4. The van der Waals surface area contributed by atoms with Gasteiger partial charge in [0.2, 0.25) is 11.8 Å². The molecule has 0 saturated heterocycles. The zero-order chi connectivity index (χ0) is 41.9. The number of carbonyl (C=O) groups excluding carboxylic acids is 6. The fraction of sp³-hybridized carbons (Fsp3) is 0.361. The van der Waals surface area contributed by atoms with Crippen molar-refractivity contribution in [1.82, 2.24) is 31.3 Å². The van der Waals surface area contributed by atoms with Crippen LogP contribution >= 0.6 is 11.6 Å². The molecular weight excluding hydrogens is 760 g/mol. The number of halogens is 1. The SMILES string of the molecule is CC(C)C(NC(=O)C(CCC(=O)O)NC(=O)C(CC(=O)O)NC(=O)OCc1ccccc1)C(=O)NN(CC(=O)O)C(=O)/C=C(\Cl)C(=O)N(C)Cc1ccccc1. The minimum absolute atomic E-state index is 0.120. The van der Waals surface area contributed by atoms with E-state index in [4.69, 9.17) is 16.3 Å². The van der Waals surface area contributed by atoms with Gasteiger partial charge >= 0.3 is 24.0 Å². The van der Waals surface area contributed by atoms with Crippen LogP contribution in [0.1, 0.15) is 44.2 Å². The minimum atomic E-state index is -1.79. The van der Waals surface area contributed by atoms with E-state index >= 15 is 0 Å². The number of amides is 6. The van der Waals surface area contributed by atoms with E-state index in [0.717, 1.165) is 5.56 Å². The monoisotopic (exact) mass is 802 g/mol. The molecule has 0 spiro atoms. The molecule has 7 N–H and O–H groups in total. The number of carbonyl (C=O) groups is 9. The predicted octanol–water partition coefficient (Wildman–Crippen LogP) is 0.972. The summed E-state index contributed by atoms with van der Waals surface area (Å²) in [5.41, 5.74) is 3.41. The Morgan fingerprint density at radius 1 is 0.750 bits per heavy atom. The van der Waals surface area contributed by atoms with E-state index in [1.807, 2.05) is 0 Å². The number of nitrogens with one attached hydrogen (secondary N) is 4. The first-order valence-corrected chi connectivity index (χ1v) is 17.3. The van der Waals surface area contributed by atoms with Crippen molar-refractivity contribution in [3.8, 4) is 0 Å². The maximum atomic E-state index is 13.5. The lowest BCUT2D eigenvalue weighted by molar-refractivity contribution is -0.148. The molecule has 3 atom stereocenters. The smallest absolute Gasteiger partial charge is 0.408 e. The van der Waals surface area contributed by atoms with Crippen molar-refractivity contribution in [1.29, 1.82) is 0 Å². The van der Waals surface area contributed by atoms with E-state index in [2.05, 4.69) is 21.4 Å². The van der Waals surface area contributed by atoms with Gasteiger partial charge in [-0.25, -0.2) is 9.80 Å². The maximum absolute atomic E-state index is 13.5. The van der Waals surface area contributed by atoms with Crippen LogP contribution in [0.5, 0.6) is 0 Å².